The second-order valence-corrected chi connectivity index (χ2v) is 5.91. The largest absolute Gasteiger partial charge is 0.870 e. The number of rotatable bonds is 12. The fourth-order valence-corrected chi connectivity index (χ4v) is 2.22. The molecule has 19 heavy (non-hydrogen) atoms. The van der Waals surface area contributed by atoms with Crippen molar-refractivity contribution in [2.75, 3.05) is 6.61 Å². The second kappa shape index (κ2) is 12.8. The summed E-state index contributed by atoms with van der Waals surface area (Å²) in [6.07, 6.45) is 10.2. The molecule has 7 heteroatoms. The smallest absolute Gasteiger partial charge is 0.397 e. The lowest BCUT2D eigenvalue weighted by atomic mass is 10.0. The average Bonchev–Trinajstić information content (AvgIpc) is 2.28. The van der Waals surface area contributed by atoms with E-state index in [0.29, 0.717) is 12.5 Å². The van der Waals surface area contributed by atoms with Gasteiger partial charge in [-0.2, -0.15) is 8.42 Å². The molecule has 0 aliphatic rings. The Hall–Kier alpha value is -0.210. The Morgan fingerprint density at radius 1 is 1.05 bits per heavy atom. The molecule has 0 amide bonds. The van der Waals surface area contributed by atoms with Crippen molar-refractivity contribution in [3.05, 3.63) is 0 Å². The fourth-order valence-electron chi connectivity index (χ4n) is 1.89. The van der Waals surface area contributed by atoms with Crippen molar-refractivity contribution in [3.8, 4) is 0 Å². The molecular weight excluding hydrogens is 270 g/mol. The molecule has 1 unspecified atom stereocenters. The summed E-state index contributed by atoms with van der Waals surface area (Å²) >= 11 is 0. The van der Waals surface area contributed by atoms with Gasteiger partial charge in [-0.05, 0) is 19.3 Å². The highest BCUT2D eigenvalue weighted by atomic mass is 32.3. The lowest BCUT2D eigenvalue weighted by Crippen LogP contribution is -2.60. The summed E-state index contributed by atoms with van der Waals surface area (Å²) in [7, 11) is -4.27. The highest BCUT2D eigenvalue weighted by Gasteiger charge is 2.08. The van der Waals surface area contributed by atoms with Crippen LogP contribution in [-0.4, -0.2) is 31.1 Å². The molecule has 5 N–H and O–H groups in total. The molecule has 0 rings (SSSR count). The van der Waals surface area contributed by atoms with Crippen LogP contribution >= 0.6 is 0 Å². The third kappa shape index (κ3) is 17.8. The van der Waals surface area contributed by atoms with Gasteiger partial charge in [-0.25, -0.2) is 4.18 Å². The van der Waals surface area contributed by atoms with Crippen molar-refractivity contribution in [3.63, 3.8) is 0 Å². The first-order chi connectivity index (χ1) is 8.45. The molecule has 0 aliphatic carbocycles. The predicted octanol–water partition coefficient (Wildman–Crippen LogP) is 1.77. The first-order valence-corrected chi connectivity index (χ1v) is 8.27. The molecule has 0 radical (unpaired) electrons. The maximum Gasteiger partial charge on any atom is 0.397 e. The summed E-state index contributed by atoms with van der Waals surface area (Å²) < 4.78 is 33.2. The molecule has 6 nitrogen and oxygen atoms in total. The van der Waals surface area contributed by atoms with Gasteiger partial charge in [0, 0.05) is 6.42 Å². The molecule has 0 spiro atoms. The van der Waals surface area contributed by atoms with E-state index in [2.05, 4.69) is 16.8 Å². The lowest BCUT2D eigenvalue weighted by molar-refractivity contribution is -0.423. The maximum absolute atomic E-state index is 10.3. The summed E-state index contributed by atoms with van der Waals surface area (Å²) in [5.41, 5.74) is 4.04. The van der Waals surface area contributed by atoms with E-state index >= 15 is 0 Å². The maximum atomic E-state index is 10.3. The number of hydrogen-bond acceptors (Lipinski definition) is 4. The Bertz CT molecular complexity index is 282. The zero-order chi connectivity index (χ0) is 13.9. The summed E-state index contributed by atoms with van der Waals surface area (Å²) in [6.45, 7) is 2.25. The van der Waals surface area contributed by atoms with Gasteiger partial charge in [0.15, 0.2) is 0 Å². The molecule has 0 bridgehead atoms. The van der Waals surface area contributed by atoms with E-state index in [1.54, 1.807) is 0 Å². The van der Waals surface area contributed by atoms with Crippen LogP contribution in [0.1, 0.15) is 64.7 Å². The van der Waals surface area contributed by atoms with Gasteiger partial charge in [-0.15, -0.1) is 0 Å². The standard InChI is InChI=1S/C12H27NO4S.H2O/c1-2-3-4-5-6-7-9-12(13)10-8-11-17-18(14,15)16;/h12H,2-11,13H2,1H3,(H,14,15,16);1H2. The zero-order valence-corrected chi connectivity index (χ0v) is 12.7. The first-order valence-electron chi connectivity index (χ1n) is 6.90. The molecule has 0 saturated carbocycles. The van der Waals surface area contributed by atoms with Crippen LogP contribution in [0.4, 0.5) is 0 Å². The topological polar surface area (TPSA) is 121 Å². The SMILES string of the molecule is CCCCCCCCC([NH3+])CCCOS(=O)(=O)O.[OH-]. The van der Waals surface area contributed by atoms with Gasteiger partial charge in [0.25, 0.3) is 0 Å². The van der Waals surface area contributed by atoms with Crippen molar-refractivity contribution < 1.29 is 28.4 Å². The van der Waals surface area contributed by atoms with Crippen LogP contribution in [0.5, 0.6) is 0 Å². The normalized spacial score (nSPS) is 13.0. The summed E-state index contributed by atoms with van der Waals surface area (Å²) in [6, 6.07) is 0.348. The zero-order valence-electron chi connectivity index (χ0n) is 11.9. The molecule has 1 atom stereocenters. The van der Waals surface area contributed by atoms with Gasteiger partial charge >= 0.3 is 10.4 Å². The van der Waals surface area contributed by atoms with E-state index in [1.807, 2.05) is 0 Å². The van der Waals surface area contributed by atoms with E-state index in [4.69, 9.17) is 4.55 Å². The molecule has 0 aromatic carbocycles. The Kier molecular flexibility index (Phi) is 14.2. The van der Waals surface area contributed by atoms with Crippen molar-refractivity contribution >= 4 is 10.4 Å². The minimum absolute atomic E-state index is 0. The van der Waals surface area contributed by atoms with Gasteiger partial charge in [0.1, 0.15) is 0 Å². The number of unbranched alkanes of at least 4 members (excludes halogenated alkanes) is 5. The third-order valence-electron chi connectivity index (χ3n) is 2.95. The molecular formula is C12H29NO5S. The Morgan fingerprint density at radius 2 is 1.58 bits per heavy atom. The summed E-state index contributed by atoms with van der Waals surface area (Å²) in [5, 5.41) is 0. The van der Waals surface area contributed by atoms with Crippen LogP contribution in [0.3, 0.4) is 0 Å². The first kappa shape index (κ1) is 21.1. The highest BCUT2D eigenvalue weighted by molar-refractivity contribution is 7.80. The molecule has 0 aromatic rings. The van der Waals surface area contributed by atoms with E-state index in [9.17, 15) is 8.42 Å². The van der Waals surface area contributed by atoms with Crippen LogP contribution in [0.2, 0.25) is 0 Å². The van der Waals surface area contributed by atoms with Crippen molar-refractivity contribution in [2.24, 2.45) is 0 Å². The minimum atomic E-state index is -4.27. The Labute approximate surface area is 117 Å². The van der Waals surface area contributed by atoms with Crippen LogP contribution in [0.15, 0.2) is 0 Å². The van der Waals surface area contributed by atoms with E-state index in [-0.39, 0.29) is 12.1 Å². The average molecular weight is 299 g/mol. The number of quaternary nitrogens is 1. The summed E-state index contributed by atoms with van der Waals surface area (Å²) in [4.78, 5) is 0. The molecule has 0 aromatic heterocycles. The molecule has 0 heterocycles. The van der Waals surface area contributed by atoms with Crippen LogP contribution in [0, 0.1) is 0 Å². The monoisotopic (exact) mass is 299 g/mol. The van der Waals surface area contributed by atoms with Crippen molar-refractivity contribution in [1.29, 1.82) is 0 Å². The Balaban J connectivity index is 0. The second-order valence-electron chi connectivity index (χ2n) is 4.81. The predicted molar refractivity (Wildman–Crippen MR) is 73.3 cm³/mol. The summed E-state index contributed by atoms with van der Waals surface area (Å²) in [5.74, 6) is 0. The van der Waals surface area contributed by atoms with Crippen LogP contribution in [-0.2, 0) is 14.6 Å². The fraction of sp³-hybridized carbons (Fsp3) is 1.00. The van der Waals surface area contributed by atoms with Gasteiger partial charge in [-0.1, -0.05) is 39.0 Å². The molecule has 0 saturated heterocycles. The number of hydrogen-bond donors (Lipinski definition) is 2. The van der Waals surface area contributed by atoms with Crippen molar-refractivity contribution in [1.82, 2.24) is 0 Å². The quantitative estimate of drug-likeness (QED) is 0.420. The minimum Gasteiger partial charge on any atom is -0.870 e. The van der Waals surface area contributed by atoms with Gasteiger partial charge in [0.2, 0.25) is 0 Å². The Morgan fingerprint density at radius 3 is 2.16 bits per heavy atom. The van der Waals surface area contributed by atoms with Crippen molar-refractivity contribution in [2.45, 2.75) is 70.8 Å². The van der Waals surface area contributed by atoms with Gasteiger partial charge < -0.3 is 11.2 Å². The molecule has 118 valence electrons. The van der Waals surface area contributed by atoms with Gasteiger partial charge in [0.05, 0.1) is 12.6 Å². The molecule has 0 aliphatic heterocycles. The lowest BCUT2D eigenvalue weighted by Gasteiger charge is -2.08. The van der Waals surface area contributed by atoms with Crippen LogP contribution < -0.4 is 5.73 Å². The van der Waals surface area contributed by atoms with Crippen LogP contribution in [0.25, 0.3) is 0 Å². The third-order valence-corrected chi connectivity index (χ3v) is 3.42. The van der Waals surface area contributed by atoms with E-state index in [0.717, 1.165) is 12.8 Å². The highest BCUT2D eigenvalue weighted by Crippen LogP contribution is 2.09. The van der Waals surface area contributed by atoms with Gasteiger partial charge in [-0.3, -0.25) is 4.55 Å². The molecule has 0 fully saturated rings. The van der Waals surface area contributed by atoms with E-state index in [1.165, 1.54) is 38.5 Å². The van der Waals surface area contributed by atoms with E-state index < -0.39 is 10.4 Å².